The van der Waals surface area contributed by atoms with E-state index in [4.69, 9.17) is 9.47 Å². The molecule has 0 aliphatic carbocycles. The molecule has 0 spiro atoms. The standard InChI is InChI=1S/C18H19FO3/c1-4-21-16-9-13(11-20)10-17(22-12(2)3)18(16)14-5-7-15(19)8-6-14/h5-12H,4H2,1-3H3. The molecular formula is C18H19FO3. The molecule has 0 saturated heterocycles. The van der Waals surface area contributed by atoms with Gasteiger partial charge in [-0.1, -0.05) is 12.1 Å². The van der Waals surface area contributed by atoms with Crippen LogP contribution in [0, 0.1) is 5.82 Å². The number of aldehydes is 1. The highest BCUT2D eigenvalue weighted by atomic mass is 19.1. The molecular weight excluding hydrogens is 283 g/mol. The summed E-state index contributed by atoms with van der Waals surface area (Å²) in [6.07, 6.45) is 0.694. The van der Waals surface area contributed by atoms with E-state index in [0.717, 1.165) is 17.4 Å². The average molecular weight is 302 g/mol. The van der Waals surface area contributed by atoms with Crippen LogP contribution < -0.4 is 9.47 Å². The highest BCUT2D eigenvalue weighted by Crippen LogP contribution is 2.40. The molecule has 22 heavy (non-hydrogen) atoms. The van der Waals surface area contributed by atoms with Crippen LogP contribution >= 0.6 is 0 Å². The molecule has 0 heterocycles. The number of carbonyl (C=O) groups is 1. The van der Waals surface area contributed by atoms with Crippen LogP contribution in [0.3, 0.4) is 0 Å². The van der Waals surface area contributed by atoms with Crippen molar-refractivity contribution in [3.8, 4) is 22.6 Å². The number of benzene rings is 2. The number of halogens is 1. The molecule has 2 rings (SSSR count). The first-order chi connectivity index (χ1) is 10.5. The number of carbonyl (C=O) groups excluding carboxylic acids is 1. The largest absolute Gasteiger partial charge is 0.493 e. The number of rotatable bonds is 6. The van der Waals surface area contributed by atoms with Crippen molar-refractivity contribution in [1.82, 2.24) is 0 Å². The maximum absolute atomic E-state index is 13.2. The fraction of sp³-hybridized carbons (Fsp3) is 0.278. The highest BCUT2D eigenvalue weighted by molar-refractivity contribution is 5.84. The zero-order chi connectivity index (χ0) is 16.1. The third-order valence-electron chi connectivity index (χ3n) is 3.02. The van der Waals surface area contributed by atoms with E-state index in [2.05, 4.69) is 0 Å². The Balaban J connectivity index is 2.65. The van der Waals surface area contributed by atoms with Crippen molar-refractivity contribution in [2.75, 3.05) is 6.61 Å². The van der Waals surface area contributed by atoms with Gasteiger partial charge in [0.05, 0.1) is 18.3 Å². The van der Waals surface area contributed by atoms with Gasteiger partial charge in [-0.2, -0.15) is 0 Å². The summed E-state index contributed by atoms with van der Waals surface area (Å²) in [5.41, 5.74) is 1.98. The van der Waals surface area contributed by atoms with Gasteiger partial charge in [-0.05, 0) is 50.6 Å². The molecule has 0 unspecified atom stereocenters. The number of hydrogen-bond donors (Lipinski definition) is 0. The van der Waals surface area contributed by atoms with Crippen LogP contribution in [0.1, 0.15) is 31.1 Å². The smallest absolute Gasteiger partial charge is 0.150 e. The second-order valence-electron chi connectivity index (χ2n) is 5.12. The Morgan fingerprint density at radius 2 is 1.77 bits per heavy atom. The van der Waals surface area contributed by atoms with Gasteiger partial charge in [0.2, 0.25) is 0 Å². The molecule has 0 radical (unpaired) electrons. The fourth-order valence-electron chi connectivity index (χ4n) is 2.20. The minimum atomic E-state index is -0.308. The third kappa shape index (κ3) is 3.64. The number of hydrogen-bond acceptors (Lipinski definition) is 3. The molecule has 0 atom stereocenters. The van der Waals surface area contributed by atoms with E-state index in [1.165, 1.54) is 12.1 Å². The van der Waals surface area contributed by atoms with E-state index >= 15 is 0 Å². The van der Waals surface area contributed by atoms with Gasteiger partial charge in [0.1, 0.15) is 23.6 Å². The molecule has 2 aromatic carbocycles. The average Bonchev–Trinajstić information content (AvgIpc) is 2.48. The van der Waals surface area contributed by atoms with Crippen molar-refractivity contribution in [1.29, 1.82) is 0 Å². The molecule has 0 fully saturated rings. The molecule has 0 aliphatic heterocycles. The van der Waals surface area contributed by atoms with Gasteiger partial charge in [-0.25, -0.2) is 4.39 Å². The van der Waals surface area contributed by atoms with Gasteiger partial charge in [-0.15, -0.1) is 0 Å². The first-order valence-electron chi connectivity index (χ1n) is 7.23. The topological polar surface area (TPSA) is 35.5 Å². The lowest BCUT2D eigenvalue weighted by Gasteiger charge is -2.18. The first kappa shape index (κ1) is 16.0. The van der Waals surface area contributed by atoms with E-state index in [9.17, 15) is 9.18 Å². The minimum absolute atomic E-state index is 0.0597. The molecule has 2 aromatic rings. The van der Waals surface area contributed by atoms with Crippen LogP contribution in [0.15, 0.2) is 36.4 Å². The second-order valence-corrected chi connectivity index (χ2v) is 5.12. The van der Waals surface area contributed by atoms with Crippen molar-refractivity contribution in [2.24, 2.45) is 0 Å². The normalized spacial score (nSPS) is 10.6. The molecule has 0 bridgehead atoms. The summed E-state index contributed by atoms with van der Waals surface area (Å²) < 4.78 is 24.7. The maximum Gasteiger partial charge on any atom is 0.150 e. The summed E-state index contributed by atoms with van der Waals surface area (Å²) in [4.78, 5) is 11.1. The molecule has 0 amide bonds. The van der Waals surface area contributed by atoms with Gasteiger partial charge < -0.3 is 9.47 Å². The van der Waals surface area contributed by atoms with E-state index in [1.807, 2.05) is 20.8 Å². The van der Waals surface area contributed by atoms with E-state index in [0.29, 0.717) is 23.7 Å². The Kier molecular flexibility index (Phi) is 5.15. The van der Waals surface area contributed by atoms with Crippen LogP contribution in [0.5, 0.6) is 11.5 Å². The minimum Gasteiger partial charge on any atom is -0.493 e. The van der Waals surface area contributed by atoms with Crippen molar-refractivity contribution >= 4 is 6.29 Å². The molecule has 116 valence electrons. The SMILES string of the molecule is CCOc1cc(C=O)cc(OC(C)C)c1-c1ccc(F)cc1. The zero-order valence-corrected chi connectivity index (χ0v) is 12.9. The second kappa shape index (κ2) is 7.07. The molecule has 0 aromatic heterocycles. The van der Waals surface area contributed by atoms with Crippen LogP contribution in [0.2, 0.25) is 0 Å². The Hall–Kier alpha value is -2.36. The Bertz CT molecular complexity index is 648. The Labute approximate surface area is 129 Å². The predicted octanol–water partition coefficient (Wildman–Crippen LogP) is 4.49. The summed E-state index contributed by atoms with van der Waals surface area (Å²) in [5, 5.41) is 0. The van der Waals surface area contributed by atoms with Gasteiger partial charge >= 0.3 is 0 Å². The molecule has 0 aliphatic rings. The molecule has 0 saturated carbocycles. The van der Waals surface area contributed by atoms with Crippen LogP contribution in [-0.2, 0) is 0 Å². The lowest BCUT2D eigenvalue weighted by molar-refractivity contribution is 0.112. The summed E-state index contributed by atoms with van der Waals surface area (Å²) in [5.74, 6) is 0.793. The summed E-state index contributed by atoms with van der Waals surface area (Å²) in [6, 6.07) is 9.45. The lowest BCUT2D eigenvalue weighted by Crippen LogP contribution is -2.08. The van der Waals surface area contributed by atoms with Crippen LogP contribution in [-0.4, -0.2) is 19.0 Å². The summed E-state index contributed by atoms with van der Waals surface area (Å²) >= 11 is 0. The molecule has 4 heteroatoms. The monoisotopic (exact) mass is 302 g/mol. The highest BCUT2D eigenvalue weighted by Gasteiger charge is 2.16. The van der Waals surface area contributed by atoms with Crippen LogP contribution in [0.25, 0.3) is 11.1 Å². The Morgan fingerprint density at radius 3 is 2.32 bits per heavy atom. The van der Waals surface area contributed by atoms with Crippen molar-refractivity contribution in [3.63, 3.8) is 0 Å². The summed E-state index contributed by atoms with van der Waals surface area (Å²) in [7, 11) is 0. The van der Waals surface area contributed by atoms with E-state index < -0.39 is 0 Å². The first-order valence-corrected chi connectivity index (χ1v) is 7.23. The van der Waals surface area contributed by atoms with Gasteiger partial charge in [0.15, 0.2) is 0 Å². The van der Waals surface area contributed by atoms with Gasteiger partial charge in [0.25, 0.3) is 0 Å². The zero-order valence-electron chi connectivity index (χ0n) is 12.9. The maximum atomic E-state index is 13.2. The summed E-state index contributed by atoms with van der Waals surface area (Å²) in [6.45, 7) is 6.13. The van der Waals surface area contributed by atoms with Crippen molar-refractivity contribution < 1.29 is 18.7 Å². The van der Waals surface area contributed by atoms with Gasteiger partial charge in [0, 0.05) is 5.56 Å². The Morgan fingerprint density at radius 1 is 1.14 bits per heavy atom. The van der Waals surface area contributed by atoms with Gasteiger partial charge in [-0.3, -0.25) is 4.79 Å². The van der Waals surface area contributed by atoms with Crippen molar-refractivity contribution in [3.05, 3.63) is 47.8 Å². The fourth-order valence-corrected chi connectivity index (χ4v) is 2.20. The molecule has 0 N–H and O–H groups in total. The van der Waals surface area contributed by atoms with E-state index in [1.54, 1.807) is 24.3 Å². The van der Waals surface area contributed by atoms with E-state index in [-0.39, 0.29) is 11.9 Å². The molecule has 3 nitrogen and oxygen atoms in total. The lowest BCUT2D eigenvalue weighted by atomic mass is 10.0. The number of ether oxygens (including phenoxy) is 2. The van der Waals surface area contributed by atoms with Crippen LogP contribution in [0.4, 0.5) is 4.39 Å². The third-order valence-corrected chi connectivity index (χ3v) is 3.02. The quantitative estimate of drug-likeness (QED) is 0.737. The predicted molar refractivity (Wildman–Crippen MR) is 84.2 cm³/mol. The van der Waals surface area contributed by atoms with Crippen molar-refractivity contribution in [2.45, 2.75) is 26.9 Å².